The Hall–Kier alpha value is -4.41. The van der Waals surface area contributed by atoms with E-state index >= 15 is 0 Å². The summed E-state index contributed by atoms with van der Waals surface area (Å²) in [5.74, 6) is -5.23. The normalized spacial score (nSPS) is 22.6. The molecule has 0 aliphatic heterocycles. The first-order valence-corrected chi connectivity index (χ1v) is 16.4. The summed E-state index contributed by atoms with van der Waals surface area (Å²) < 4.78 is 80.2. The van der Waals surface area contributed by atoms with Crippen LogP contribution in [0.1, 0.15) is 60.0 Å². The molecule has 2 saturated carbocycles. The van der Waals surface area contributed by atoms with Gasteiger partial charge in [-0.25, -0.2) is 17.6 Å². The minimum atomic E-state index is -2.96. The summed E-state index contributed by atoms with van der Waals surface area (Å²) in [6.45, 7) is 0.544. The molecular formula is C39H40F4O6. The quantitative estimate of drug-likeness (QED) is 0.126. The van der Waals surface area contributed by atoms with Crippen LogP contribution in [0.25, 0.3) is 0 Å². The third-order valence-electron chi connectivity index (χ3n) is 8.50. The number of hydrogen-bond donors (Lipinski definition) is 1. The first kappa shape index (κ1) is 35.9. The molecule has 10 heteroatoms. The fraction of sp³-hybridized carbons (Fsp3) is 0.359. The molecule has 6 nitrogen and oxygen atoms in total. The summed E-state index contributed by atoms with van der Waals surface area (Å²) in [5, 5.41) is 9.30. The molecule has 2 aliphatic rings. The van der Waals surface area contributed by atoms with E-state index in [9.17, 15) is 27.5 Å². The Balaban J connectivity index is 0.000000191. The van der Waals surface area contributed by atoms with Crippen molar-refractivity contribution >= 4 is 6.29 Å². The maximum Gasteiger partial charge on any atom is 0.286 e. The number of carbonyl (C=O) groups is 1. The van der Waals surface area contributed by atoms with Gasteiger partial charge in [-0.1, -0.05) is 60.7 Å². The van der Waals surface area contributed by atoms with Crippen LogP contribution in [-0.2, 0) is 22.7 Å². The van der Waals surface area contributed by atoms with Crippen LogP contribution in [0.3, 0.4) is 0 Å². The SMILES string of the molecule is O=Cc1ccc(OC2C(OCc3ccccc3)CCCC2(F)F)cc1.Oc1ccc(OC2C(OCc3ccccc3)CCCC2(F)F)cc1. The molecule has 49 heavy (non-hydrogen) atoms. The van der Waals surface area contributed by atoms with E-state index < -0.39 is 36.3 Å². The smallest absolute Gasteiger partial charge is 0.286 e. The number of alkyl halides is 4. The van der Waals surface area contributed by atoms with Crippen molar-refractivity contribution in [2.75, 3.05) is 0 Å². The molecule has 260 valence electrons. The molecule has 0 heterocycles. The summed E-state index contributed by atoms with van der Waals surface area (Å²) in [7, 11) is 0. The topological polar surface area (TPSA) is 74.2 Å². The lowest BCUT2D eigenvalue weighted by Crippen LogP contribution is -2.51. The van der Waals surface area contributed by atoms with Crippen LogP contribution < -0.4 is 9.47 Å². The average Bonchev–Trinajstić information content (AvgIpc) is 3.11. The zero-order valence-electron chi connectivity index (χ0n) is 26.9. The molecule has 2 fully saturated rings. The van der Waals surface area contributed by atoms with Gasteiger partial charge in [0, 0.05) is 18.4 Å². The van der Waals surface area contributed by atoms with Crippen molar-refractivity contribution in [1.29, 1.82) is 0 Å². The predicted molar refractivity (Wildman–Crippen MR) is 176 cm³/mol. The monoisotopic (exact) mass is 680 g/mol. The number of aromatic hydroxyl groups is 1. The lowest BCUT2D eigenvalue weighted by molar-refractivity contribution is -0.181. The molecule has 0 saturated heterocycles. The fourth-order valence-electron chi connectivity index (χ4n) is 5.87. The van der Waals surface area contributed by atoms with Gasteiger partial charge in [0.05, 0.1) is 13.2 Å². The van der Waals surface area contributed by atoms with Gasteiger partial charge in [-0.05, 0) is 85.3 Å². The van der Waals surface area contributed by atoms with Gasteiger partial charge in [-0.15, -0.1) is 0 Å². The fourth-order valence-corrected chi connectivity index (χ4v) is 5.87. The highest BCUT2D eigenvalue weighted by Crippen LogP contribution is 2.39. The number of hydrogen-bond acceptors (Lipinski definition) is 6. The number of phenols is 1. The number of benzene rings is 4. The van der Waals surface area contributed by atoms with Crippen molar-refractivity contribution in [3.63, 3.8) is 0 Å². The van der Waals surface area contributed by atoms with E-state index in [-0.39, 0.29) is 31.8 Å². The van der Waals surface area contributed by atoms with Gasteiger partial charge in [-0.2, -0.15) is 0 Å². The van der Waals surface area contributed by atoms with E-state index in [4.69, 9.17) is 18.9 Å². The van der Waals surface area contributed by atoms with Crippen LogP contribution >= 0.6 is 0 Å². The number of aldehydes is 1. The van der Waals surface area contributed by atoms with Crippen molar-refractivity contribution in [2.24, 2.45) is 0 Å². The van der Waals surface area contributed by atoms with Crippen LogP contribution in [0.5, 0.6) is 17.2 Å². The third kappa shape index (κ3) is 10.3. The zero-order chi connectivity index (χ0) is 34.7. The van der Waals surface area contributed by atoms with Crippen molar-refractivity contribution in [3.8, 4) is 17.2 Å². The highest BCUT2D eigenvalue weighted by molar-refractivity contribution is 5.74. The third-order valence-corrected chi connectivity index (χ3v) is 8.50. The summed E-state index contributed by atoms with van der Waals surface area (Å²) >= 11 is 0. The van der Waals surface area contributed by atoms with Gasteiger partial charge in [0.15, 0.2) is 12.2 Å². The Labute approximate surface area is 283 Å². The van der Waals surface area contributed by atoms with Crippen molar-refractivity contribution < 1.29 is 46.4 Å². The Morgan fingerprint density at radius 3 is 1.43 bits per heavy atom. The van der Waals surface area contributed by atoms with Gasteiger partial charge in [-0.3, -0.25) is 4.79 Å². The molecule has 4 aromatic rings. The minimum absolute atomic E-state index is 0.0645. The molecule has 0 aromatic heterocycles. The van der Waals surface area contributed by atoms with Gasteiger partial charge < -0.3 is 24.1 Å². The van der Waals surface area contributed by atoms with E-state index in [1.165, 1.54) is 36.4 Å². The molecule has 4 unspecified atom stereocenters. The lowest BCUT2D eigenvalue weighted by Gasteiger charge is -2.37. The van der Waals surface area contributed by atoms with Crippen LogP contribution in [0.2, 0.25) is 0 Å². The number of ether oxygens (including phenoxy) is 4. The second-order valence-electron chi connectivity index (χ2n) is 12.2. The second kappa shape index (κ2) is 16.8. The van der Waals surface area contributed by atoms with E-state index in [1.54, 1.807) is 12.1 Å². The lowest BCUT2D eigenvalue weighted by atomic mass is 9.90. The molecule has 1 N–H and O–H groups in total. The highest BCUT2D eigenvalue weighted by Gasteiger charge is 2.50. The van der Waals surface area contributed by atoms with Gasteiger partial charge in [0.2, 0.25) is 0 Å². The van der Waals surface area contributed by atoms with Crippen LogP contribution in [-0.4, -0.2) is 47.7 Å². The number of rotatable bonds is 11. The molecule has 0 radical (unpaired) electrons. The summed E-state index contributed by atoms with van der Waals surface area (Å²) in [5.41, 5.74) is 2.35. The van der Waals surface area contributed by atoms with Gasteiger partial charge in [0.25, 0.3) is 11.8 Å². The molecule has 0 bridgehead atoms. The average molecular weight is 681 g/mol. The van der Waals surface area contributed by atoms with Gasteiger partial charge in [0.1, 0.15) is 35.7 Å². The Morgan fingerprint density at radius 1 is 0.612 bits per heavy atom. The molecule has 4 aromatic carbocycles. The van der Waals surface area contributed by atoms with Crippen LogP contribution in [0.15, 0.2) is 109 Å². The summed E-state index contributed by atoms with van der Waals surface area (Å²) in [6, 6.07) is 30.9. The largest absolute Gasteiger partial charge is 0.508 e. The number of phenolic OH excluding ortho intramolecular Hbond substituents is 1. The minimum Gasteiger partial charge on any atom is -0.508 e. The maximum absolute atomic E-state index is 14.4. The van der Waals surface area contributed by atoms with Gasteiger partial charge >= 0.3 is 0 Å². The van der Waals surface area contributed by atoms with Crippen LogP contribution in [0, 0.1) is 0 Å². The molecule has 6 rings (SSSR count). The van der Waals surface area contributed by atoms with E-state index in [0.29, 0.717) is 49.0 Å². The Morgan fingerprint density at radius 2 is 1.02 bits per heavy atom. The van der Waals surface area contributed by atoms with Crippen molar-refractivity contribution in [1.82, 2.24) is 0 Å². The van der Waals surface area contributed by atoms with Crippen molar-refractivity contribution in [3.05, 3.63) is 126 Å². The Kier molecular flexibility index (Phi) is 12.3. The molecule has 4 atom stereocenters. The molecule has 0 spiro atoms. The molecule has 2 aliphatic carbocycles. The van der Waals surface area contributed by atoms with E-state index in [2.05, 4.69) is 0 Å². The molecule has 0 amide bonds. The first-order valence-electron chi connectivity index (χ1n) is 16.4. The molecular weight excluding hydrogens is 640 g/mol. The van der Waals surface area contributed by atoms with E-state index in [1.807, 2.05) is 60.7 Å². The number of carbonyl (C=O) groups excluding carboxylic acids is 1. The van der Waals surface area contributed by atoms with Crippen molar-refractivity contribution in [2.45, 2.75) is 88.0 Å². The predicted octanol–water partition coefficient (Wildman–Crippen LogP) is 9.20. The summed E-state index contributed by atoms with van der Waals surface area (Å²) in [4.78, 5) is 10.7. The standard InChI is InChI=1S/C20H20F2O3.C19H20F2O3/c21-20(22)12-4-7-18(24-14-16-5-2-1-3-6-16)19(20)25-17-10-8-15(13-23)9-11-17;20-19(21)12-4-7-17(23-13-14-5-2-1-3-6-14)18(19)24-16-10-8-15(22)9-11-16/h1-3,5-6,8-11,13,18-19H,4,7,12,14H2;1-3,5-6,8-11,17-18,22H,4,7,12-13H2. The maximum atomic E-state index is 14.4. The highest BCUT2D eigenvalue weighted by atomic mass is 19.3. The second-order valence-corrected chi connectivity index (χ2v) is 12.2. The Bertz CT molecular complexity index is 1570. The summed E-state index contributed by atoms with van der Waals surface area (Å²) in [6.07, 6.45) is -1.90. The van der Waals surface area contributed by atoms with Crippen LogP contribution in [0.4, 0.5) is 17.6 Å². The first-order chi connectivity index (χ1) is 23.6. The zero-order valence-corrected chi connectivity index (χ0v) is 26.9. The number of halogens is 4. The van der Waals surface area contributed by atoms with E-state index in [0.717, 1.165) is 11.1 Å².